The molecule has 1 aromatic carbocycles. The average Bonchev–Trinajstić information content (AvgIpc) is 3.20. The topological polar surface area (TPSA) is 61.8 Å². The minimum Gasteiger partial charge on any atom is -0.377 e. The number of pyridine rings is 1. The SMILES string of the molecule is CCNC(=NCc1ccccc1COCC)NC1CCN(c2ncccc2Cl)C1.I. The molecule has 0 spiro atoms. The largest absolute Gasteiger partial charge is 0.377 e. The average molecular weight is 544 g/mol. The van der Waals surface area contributed by atoms with Crippen molar-refractivity contribution in [3.8, 4) is 0 Å². The number of halogens is 2. The quantitative estimate of drug-likeness (QED) is 0.297. The number of anilines is 1. The summed E-state index contributed by atoms with van der Waals surface area (Å²) < 4.78 is 5.58. The van der Waals surface area contributed by atoms with E-state index >= 15 is 0 Å². The van der Waals surface area contributed by atoms with Crippen molar-refractivity contribution in [1.82, 2.24) is 15.6 Å². The van der Waals surface area contributed by atoms with Crippen molar-refractivity contribution in [2.24, 2.45) is 4.99 Å². The van der Waals surface area contributed by atoms with Crippen molar-refractivity contribution in [3.05, 3.63) is 58.7 Å². The first-order valence-electron chi connectivity index (χ1n) is 10.3. The zero-order chi connectivity index (χ0) is 20.5. The summed E-state index contributed by atoms with van der Waals surface area (Å²) in [6, 6.07) is 12.3. The monoisotopic (exact) mass is 543 g/mol. The number of nitrogens with one attached hydrogen (secondary N) is 2. The third-order valence-electron chi connectivity index (χ3n) is 4.90. The van der Waals surface area contributed by atoms with Gasteiger partial charge in [-0.25, -0.2) is 9.98 Å². The Labute approximate surface area is 201 Å². The Kier molecular flexibility index (Phi) is 10.7. The number of hydrogen-bond acceptors (Lipinski definition) is 4. The number of guanidine groups is 1. The lowest BCUT2D eigenvalue weighted by Crippen LogP contribution is -2.44. The van der Waals surface area contributed by atoms with Crippen LogP contribution < -0.4 is 15.5 Å². The molecule has 30 heavy (non-hydrogen) atoms. The Morgan fingerprint density at radius 3 is 2.77 bits per heavy atom. The Morgan fingerprint density at radius 2 is 2.03 bits per heavy atom. The molecule has 0 radical (unpaired) electrons. The molecule has 1 aromatic heterocycles. The minimum atomic E-state index is 0. The Hall–Kier alpha value is -1.58. The predicted octanol–water partition coefficient (Wildman–Crippen LogP) is 4.22. The fraction of sp³-hybridized carbons (Fsp3) is 0.455. The van der Waals surface area contributed by atoms with Crippen LogP contribution in [0.2, 0.25) is 5.02 Å². The van der Waals surface area contributed by atoms with Crippen molar-refractivity contribution in [2.75, 3.05) is 31.1 Å². The van der Waals surface area contributed by atoms with E-state index in [2.05, 4.69) is 39.6 Å². The molecule has 1 saturated heterocycles. The van der Waals surface area contributed by atoms with E-state index in [1.165, 1.54) is 11.1 Å². The lowest BCUT2D eigenvalue weighted by Gasteiger charge is -2.20. The minimum absolute atomic E-state index is 0. The second-order valence-electron chi connectivity index (χ2n) is 6.99. The van der Waals surface area contributed by atoms with Crippen LogP contribution in [0.15, 0.2) is 47.6 Å². The van der Waals surface area contributed by atoms with Crippen LogP contribution in [0.25, 0.3) is 0 Å². The summed E-state index contributed by atoms with van der Waals surface area (Å²) in [5, 5.41) is 7.61. The summed E-state index contributed by atoms with van der Waals surface area (Å²) in [6.07, 6.45) is 2.80. The summed E-state index contributed by atoms with van der Waals surface area (Å²) in [5.74, 6) is 1.68. The summed E-state index contributed by atoms with van der Waals surface area (Å²) in [4.78, 5) is 11.5. The predicted molar refractivity (Wildman–Crippen MR) is 135 cm³/mol. The van der Waals surface area contributed by atoms with E-state index in [0.717, 1.165) is 37.8 Å². The normalized spacial score (nSPS) is 16.3. The van der Waals surface area contributed by atoms with Gasteiger partial charge in [0.1, 0.15) is 5.82 Å². The fourth-order valence-corrected chi connectivity index (χ4v) is 3.66. The number of ether oxygens (including phenoxy) is 1. The molecule has 2 aromatic rings. The summed E-state index contributed by atoms with van der Waals surface area (Å²) in [7, 11) is 0. The molecule has 0 aliphatic carbocycles. The van der Waals surface area contributed by atoms with Gasteiger partial charge >= 0.3 is 0 Å². The van der Waals surface area contributed by atoms with Crippen molar-refractivity contribution in [3.63, 3.8) is 0 Å². The highest BCUT2D eigenvalue weighted by atomic mass is 127. The van der Waals surface area contributed by atoms with E-state index in [9.17, 15) is 0 Å². The van der Waals surface area contributed by atoms with E-state index in [1.54, 1.807) is 6.20 Å². The number of rotatable bonds is 8. The zero-order valence-electron chi connectivity index (χ0n) is 17.6. The van der Waals surface area contributed by atoms with E-state index < -0.39 is 0 Å². The lowest BCUT2D eigenvalue weighted by atomic mass is 10.1. The Bertz CT molecular complexity index is 820. The second-order valence-corrected chi connectivity index (χ2v) is 7.39. The van der Waals surface area contributed by atoms with E-state index in [-0.39, 0.29) is 24.0 Å². The van der Waals surface area contributed by atoms with Crippen LogP contribution in [-0.4, -0.2) is 43.2 Å². The van der Waals surface area contributed by atoms with E-state index in [1.807, 2.05) is 31.2 Å². The van der Waals surface area contributed by atoms with Crippen LogP contribution in [0.1, 0.15) is 31.4 Å². The van der Waals surface area contributed by atoms with Crippen LogP contribution in [0.5, 0.6) is 0 Å². The summed E-state index contributed by atoms with van der Waals surface area (Å²) >= 11 is 6.31. The maximum absolute atomic E-state index is 6.31. The van der Waals surface area contributed by atoms with Gasteiger partial charge in [0.2, 0.25) is 0 Å². The maximum Gasteiger partial charge on any atom is 0.191 e. The van der Waals surface area contributed by atoms with Gasteiger partial charge in [-0.1, -0.05) is 35.9 Å². The van der Waals surface area contributed by atoms with Gasteiger partial charge in [-0.15, -0.1) is 24.0 Å². The highest BCUT2D eigenvalue weighted by molar-refractivity contribution is 14.0. The van der Waals surface area contributed by atoms with Crippen LogP contribution in [0.3, 0.4) is 0 Å². The van der Waals surface area contributed by atoms with Gasteiger partial charge in [0.15, 0.2) is 5.96 Å². The second kappa shape index (κ2) is 13.0. The first kappa shape index (κ1) is 24.7. The number of benzene rings is 1. The molecule has 1 fully saturated rings. The molecule has 1 aliphatic rings. The van der Waals surface area contributed by atoms with E-state index in [4.69, 9.17) is 21.3 Å². The van der Waals surface area contributed by atoms with Crippen LogP contribution in [-0.2, 0) is 17.9 Å². The molecule has 2 N–H and O–H groups in total. The standard InChI is InChI=1S/C22H30ClN5O.HI/c1-3-24-22(26-14-17-8-5-6-9-18(17)16-29-4-2)27-19-11-13-28(15-19)21-20(23)10-7-12-25-21;/h5-10,12,19H,3-4,11,13-16H2,1-2H3,(H2,24,26,27);1H. The number of nitrogens with zero attached hydrogens (tertiary/aromatic N) is 3. The molecule has 2 heterocycles. The molecular weight excluding hydrogens is 513 g/mol. The molecule has 164 valence electrons. The first-order chi connectivity index (χ1) is 14.2. The van der Waals surface area contributed by atoms with Gasteiger partial charge in [0.25, 0.3) is 0 Å². The van der Waals surface area contributed by atoms with Gasteiger partial charge in [0.05, 0.1) is 18.2 Å². The molecule has 0 amide bonds. The van der Waals surface area contributed by atoms with Crippen molar-refractivity contribution >= 4 is 47.4 Å². The molecule has 1 unspecified atom stereocenters. The highest BCUT2D eigenvalue weighted by Crippen LogP contribution is 2.25. The van der Waals surface area contributed by atoms with Crippen LogP contribution >= 0.6 is 35.6 Å². The van der Waals surface area contributed by atoms with Crippen LogP contribution in [0, 0.1) is 0 Å². The summed E-state index contributed by atoms with van der Waals surface area (Å²) in [5.41, 5.74) is 2.37. The molecule has 1 atom stereocenters. The number of aliphatic imine (C=N–C) groups is 1. The molecular formula is C22H31ClIN5O. The molecule has 6 nitrogen and oxygen atoms in total. The van der Waals surface area contributed by atoms with Crippen LogP contribution in [0.4, 0.5) is 5.82 Å². The van der Waals surface area contributed by atoms with Gasteiger partial charge in [-0.05, 0) is 43.5 Å². The van der Waals surface area contributed by atoms with E-state index in [0.29, 0.717) is 30.8 Å². The smallest absolute Gasteiger partial charge is 0.191 e. The van der Waals surface area contributed by atoms with Gasteiger partial charge in [0, 0.05) is 38.5 Å². The lowest BCUT2D eigenvalue weighted by molar-refractivity contribution is 0.133. The molecule has 3 rings (SSSR count). The molecule has 0 saturated carbocycles. The molecule has 0 bridgehead atoms. The Morgan fingerprint density at radius 1 is 1.23 bits per heavy atom. The zero-order valence-corrected chi connectivity index (χ0v) is 20.7. The van der Waals surface area contributed by atoms with Crippen molar-refractivity contribution in [2.45, 2.75) is 39.5 Å². The third-order valence-corrected chi connectivity index (χ3v) is 5.19. The Balaban J connectivity index is 0.00000320. The van der Waals surface area contributed by atoms with Gasteiger partial charge in [-0.3, -0.25) is 0 Å². The summed E-state index contributed by atoms with van der Waals surface area (Å²) in [6.45, 7) is 8.61. The van der Waals surface area contributed by atoms with Crippen molar-refractivity contribution in [1.29, 1.82) is 0 Å². The maximum atomic E-state index is 6.31. The first-order valence-corrected chi connectivity index (χ1v) is 10.6. The van der Waals surface area contributed by atoms with Gasteiger partial charge < -0.3 is 20.3 Å². The number of hydrogen-bond donors (Lipinski definition) is 2. The molecule has 1 aliphatic heterocycles. The third kappa shape index (κ3) is 6.99. The highest BCUT2D eigenvalue weighted by Gasteiger charge is 2.25. The fourth-order valence-electron chi connectivity index (χ4n) is 3.42. The number of aromatic nitrogens is 1. The van der Waals surface area contributed by atoms with Crippen molar-refractivity contribution < 1.29 is 4.74 Å². The van der Waals surface area contributed by atoms with Gasteiger partial charge in [-0.2, -0.15) is 0 Å². The molecule has 8 heteroatoms.